The Labute approximate surface area is 132 Å². The van der Waals surface area contributed by atoms with Gasteiger partial charge in [0.05, 0.1) is 0 Å². The van der Waals surface area contributed by atoms with Crippen molar-refractivity contribution >= 4 is 28.9 Å². The highest BCUT2D eigenvalue weighted by molar-refractivity contribution is 7.15. The first-order chi connectivity index (χ1) is 9.88. The maximum Gasteiger partial charge on any atom is 0.336 e. The summed E-state index contributed by atoms with van der Waals surface area (Å²) in [5.41, 5.74) is -0.705. The Kier molecular flexibility index (Phi) is 5.00. The summed E-state index contributed by atoms with van der Waals surface area (Å²) in [6.07, 6.45) is 0. The first kappa shape index (κ1) is 16.0. The van der Waals surface area contributed by atoms with Gasteiger partial charge in [0, 0.05) is 27.9 Å². The molecular formula is C15H16ClNO3S. The number of carboxylic acids is 1. The number of rotatable bonds is 6. The second-order valence-corrected chi connectivity index (χ2v) is 6.56. The van der Waals surface area contributed by atoms with Crippen molar-refractivity contribution in [3.8, 4) is 10.4 Å². The van der Waals surface area contributed by atoms with Crippen LogP contribution in [0.5, 0.6) is 0 Å². The van der Waals surface area contributed by atoms with E-state index in [0.717, 1.165) is 15.3 Å². The molecular weight excluding hydrogens is 310 g/mol. The van der Waals surface area contributed by atoms with E-state index in [1.165, 1.54) is 6.92 Å². The van der Waals surface area contributed by atoms with E-state index in [-0.39, 0.29) is 6.54 Å². The summed E-state index contributed by atoms with van der Waals surface area (Å²) in [6.45, 7) is 1.77. The number of aliphatic hydroxyl groups is 1. The average Bonchev–Trinajstić information content (AvgIpc) is 2.87. The summed E-state index contributed by atoms with van der Waals surface area (Å²) in [6, 6.07) is 11.6. The summed E-state index contributed by atoms with van der Waals surface area (Å²) in [5, 5.41) is 22.1. The Balaban J connectivity index is 1.97. The molecule has 0 aliphatic heterocycles. The number of benzene rings is 1. The third kappa shape index (κ3) is 4.28. The molecule has 2 aromatic rings. The second-order valence-electron chi connectivity index (χ2n) is 4.96. The minimum Gasteiger partial charge on any atom is -0.479 e. The molecule has 0 spiro atoms. The van der Waals surface area contributed by atoms with Gasteiger partial charge >= 0.3 is 5.97 Å². The number of carboxylic acid groups (broad SMARTS) is 1. The zero-order valence-electron chi connectivity index (χ0n) is 11.5. The molecule has 1 aromatic carbocycles. The average molecular weight is 326 g/mol. The van der Waals surface area contributed by atoms with E-state index < -0.39 is 11.6 Å². The molecule has 0 bridgehead atoms. The molecule has 0 fully saturated rings. The molecule has 1 aromatic heterocycles. The van der Waals surface area contributed by atoms with Crippen molar-refractivity contribution in [2.45, 2.75) is 19.1 Å². The van der Waals surface area contributed by atoms with Crippen LogP contribution in [0.15, 0.2) is 36.4 Å². The molecule has 112 valence electrons. The molecule has 0 saturated heterocycles. The molecule has 1 heterocycles. The van der Waals surface area contributed by atoms with E-state index in [0.29, 0.717) is 11.6 Å². The fourth-order valence-corrected chi connectivity index (χ4v) is 2.94. The Morgan fingerprint density at radius 3 is 2.81 bits per heavy atom. The van der Waals surface area contributed by atoms with Crippen molar-refractivity contribution in [2.24, 2.45) is 0 Å². The molecule has 0 amide bonds. The lowest BCUT2D eigenvalue weighted by Crippen LogP contribution is -2.44. The lowest BCUT2D eigenvalue weighted by atomic mass is 10.1. The Hall–Kier alpha value is -1.40. The summed E-state index contributed by atoms with van der Waals surface area (Å²) in [4.78, 5) is 12.9. The van der Waals surface area contributed by atoms with Crippen LogP contribution in [0, 0.1) is 0 Å². The van der Waals surface area contributed by atoms with Crippen LogP contribution in [0.25, 0.3) is 10.4 Å². The van der Waals surface area contributed by atoms with Crippen molar-refractivity contribution in [2.75, 3.05) is 6.54 Å². The molecule has 6 heteroatoms. The monoisotopic (exact) mass is 325 g/mol. The van der Waals surface area contributed by atoms with E-state index in [2.05, 4.69) is 5.32 Å². The van der Waals surface area contributed by atoms with Gasteiger partial charge in [-0.25, -0.2) is 4.79 Å². The standard InChI is InChI=1S/C15H16ClNO3S/c1-15(20,14(18)19)9-17-8-12-5-6-13(21-12)10-3-2-4-11(16)7-10/h2-7,17,20H,8-9H2,1H3,(H,18,19). The van der Waals surface area contributed by atoms with Gasteiger partial charge in [0.25, 0.3) is 0 Å². The maximum atomic E-state index is 10.8. The summed E-state index contributed by atoms with van der Waals surface area (Å²) in [5.74, 6) is -1.24. The number of hydrogen-bond donors (Lipinski definition) is 3. The molecule has 0 aliphatic carbocycles. The number of thiophene rings is 1. The van der Waals surface area contributed by atoms with Gasteiger partial charge in [0.2, 0.25) is 0 Å². The van der Waals surface area contributed by atoms with Crippen LogP contribution in [-0.4, -0.2) is 28.3 Å². The predicted octanol–water partition coefficient (Wildman–Crippen LogP) is 2.99. The first-order valence-corrected chi connectivity index (χ1v) is 7.59. The predicted molar refractivity (Wildman–Crippen MR) is 84.7 cm³/mol. The van der Waals surface area contributed by atoms with Gasteiger partial charge in [0.1, 0.15) is 0 Å². The highest BCUT2D eigenvalue weighted by atomic mass is 35.5. The van der Waals surface area contributed by atoms with Gasteiger partial charge in [0.15, 0.2) is 5.60 Å². The number of halogens is 1. The van der Waals surface area contributed by atoms with Gasteiger partial charge in [-0.15, -0.1) is 11.3 Å². The van der Waals surface area contributed by atoms with E-state index >= 15 is 0 Å². The van der Waals surface area contributed by atoms with Gasteiger partial charge in [-0.3, -0.25) is 0 Å². The van der Waals surface area contributed by atoms with Crippen LogP contribution in [-0.2, 0) is 11.3 Å². The SMILES string of the molecule is CC(O)(CNCc1ccc(-c2cccc(Cl)c2)s1)C(=O)O. The topological polar surface area (TPSA) is 69.6 Å². The highest BCUT2D eigenvalue weighted by Gasteiger charge is 2.29. The normalized spacial score (nSPS) is 13.9. The zero-order chi connectivity index (χ0) is 15.5. The van der Waals surface area contributed by atoms with Crippen LogP contribution >= 0.6 is 22.9 Å². The highest BCUT2D eigenvalue weighted by Crippen LogP contribution is 2.29. The Morgan fingerprint density at radius 2 is 2.14 bits per heavy atom. The molecule has 21 heavy (non-hydrogen) atoms. The minimum absolute atomic E-state index is 0.00721. The quantitative estimate of drug-likeness (QED) is 0.763. The van der Waals surface area contributed by atoms with E-state index in [1.807, 2.05) is 36.4 Å². The summed E-state index contributed by atoms with van der Waals surface area (Å²) in [7, 11) is 0. The summed E-state index contributed by atoms with van der Waals surface area (Å²) < 4.78 is 0. The van der Waals surface area contributed by atoms with Crippen molar-refractivity contribution in [3.63, 3.8) is 0 Å². The van der Waals surface area contributed by atoms with E-state index in [1.54, 1.807) is 11.3 Å². The molecule has 2 rings (SSSR count). The summed E-state index contributed by atoms with van der Waals surface area (Å²) >= 11 is 7.58. The first-order valence-electron chi connectivity index (χ1n) is 6.39. The van der Waals surface area contributed by atoms with Gasteiger partial charge in [-0.2, -0.15) is 0 Å². The molecule has 0 aliphatic rings. The van der Waals surface area contributed by atoms with E-state index in [9.17, 15) is 9.90 Å². The van der Waals surface area contributed by atoms with E-state index in [4.69, 9.17) is 16.7 Å². The lowest BCUT2D eigenvalue weighted by Gasteiger charge is -2.17. The van der Waals surface area contributed by atoms with Crippen LogP contribution in [0.4, 0.5) is 0 Å². The van der Waals surface area contributed by atoms with Crippen LogP contribution < -0.4 is 5.32 Å². The van der Waals surface area contributed by atoms with Gasteiger partial charge in [-0.1, -0.05) is 23.7 Å². The number of carbonyl (C=O) groups is 1. The lowest BCUT2D eigenvalue weighted by molar-refractivity contribution is -0.156. The van der Waals surface area contributed by atoms with Gasteiger partial charge in [-0.05, 0) is 36.8 Å². The smallest absolute Gasteiger partial charge is 0.336 e. The maximum absolute atomic E-state index is 10.8. The molecule has 4 nitrogen and oxygen atoms in total. The third-order valence-corrected chi connectivity index (χ3v) is 4.37. The van der Waals surface area contributed by atoms with Crippen LogP contribution in [0.3, 0.4) is 0 Å². The zero-order valence-corrected chi connectivity index (χ0v) is 13.0. The fourth-order valence-electron chi connectivity index (χ4n) is 1.77. The van der Waals surface area contributed by atoms with Crippen molar-refractivity contribution in [3.05, 3.63) is 46.3 Å². The fraction of sp³-hybridized carbons (Fsp3) is 0.267. The molecule has 0 radical (unpaired) electrons. The van der Waals surface area contributed by atoms with Crippen molar-refractivity contribution in [1.29, 1.82) is 0 Å². The minimum atomic E-state index is -1.76. The molecule has 3 N–H and O–H groups in total. The van der Waals surface area contributed by atoms with Crippen LogP contribution in [0.1, 0.15) is 11.8 Å². The number of nitrogens with one attached hydrogen (secondary N) is 1. The molecule has 0 saturated carbocycles. The second kappa shape index (κ2) is 6.58. The van der Waals surface area contributed by atoms with Crippen molar-refractivity contribution in [1.82, 2.24) is 5.32 Å². The van der Waals surface area contributed by atoms with Gasteiger partial charge < -0.3 is 15.5 Å². The van der Waals surface area contributed by atoms with Crippen molar-refractivity contribution < 1.29 is 15.0 Å². The third-order valence-electron chi connectivity index (χ3n) is 3.00. The Bertz CT molecular complexity index is 639. The van der Waals surface area contributed by atoms with Crippen LogP contribution in [0.2, 0.25) is 5.02 Å². The molecule has 1 unspecified atom stereocenters. The number of hydrogen-bond acceptors (Lipinski definition) is 4. The largest absolute Gasteiger partial charge is 0.479 e. The number of aliphatic carboxylic acids is 1. The Morgan fingerprint density at radius 1 is 1.38 bits per heavy atom. The molecule has 1 atom stereocenters.